The number of carbonyl (C=O) groups excluding carboxylic acids is 2. The van der Waals surface area contributed by atoms with Crippen LogP contribution in [0.5, 0.6) is 5.75 Å². The molecule has 3 aliphatic rings. The van der Waals surface area contributed by atoms with Gasteiger partial charge in [-0.05, 0) is 85.7 Å². The number of ether oxygens (including phenoxy) is 2. The number of amides is 2. The van der Waals surface area contributed by atoms with Gasteiger partial charge in [-0.1, -0.05) is 19.9 Å². The zero-order valence-corrected chi connectivity index (χ0v) is 28.5. The van der Waals surface area contributed by atoms with Gasteiger partial charge in [-0.15, -0.1) is 0 Å². The molecule has 0 spiro atoms. The molecule has 3 heterocycles. The molecule has 1 saturated carbocycles. The van der Waals surface area contributed by atoms with Crippen LogP contribution in [0.3, 0.4) is 0 Å². The molecule has 2 amide bonds. The maximum Gasteiger partial charge on any atom is 0.270 e. The second-order valence-corrected chi connectivity index (χ2v) is 12.5. The quantitative estimate of drug-likeness (QED) is 0.336. The highest BCUT2D eigenvalue weighted by Gasteiger charge is 2.27. The lowest BCUT2D eigenvalue weighted by Gasteiger charge is -2.36. The van der Waals surface area contributed by atoms with Gasteiger partial charge in [0.15, 0.2) is 0 Å². The minimum Gasteiger partial charge on any atom is -0.497 e. The van der Waals surface area contributed by atoms with E-state index in [1.165, 1.54) is 19.4 Å². The van der Waals surface area contributed by atoms with E-state index in [9.17, 15) is 9.59 Å². The molecule has 3 fully saturated rings. The first-order chi connectivity index (χ1) is 22.3. The third-order valence-electron chi connectivity index (χ3n) is 9.28. The molecular formula is C37H51N5O4. The molecular weight excluding hydrogens is 578 g/mol. The molecule has 1 N–H and O–H groups in total. The lowest BCUT2D eigenvalue weighted by Crippen LogP contribution is -2.47. The van der Waals surface area contributed by atoms with Crippen molar-refractivity contribution in [3.05, 3.63) is 71.0 Å². The Labute approximate surface area is 274 Å². The average molecular weight is 630 g/mol. The highest BCUT2D eigenvalue weighted by atomic mass is 16.5. The van der Waals surface area contributed by atoms with E-state index in [0.717, 1.165) is 60.0 Å². The van der Waals surface area contributed by atoms with Gasteiger partial charge in [-0.3, -0.25) is 14.5 Å². The van der Waals surface area contributed by atoms with Gasteiger partial charge in [0.25, 0.3) is 11.8 Å². The first-order valence-electron chi connectivity index (χ1n) is 16.9. The minimum atomic E-state index is -0.261. The normalized spacial score (nSPS) is 17.6. The number of carbonyl (C=O) groups is 2. The van der Waals surface area contributed by atoms with Crippen molar-refractivity contribution in [3.63, 3.8) is 0 Å². The van der Waals surface area contributed by atoms with Crippen LogP contribution in [0, 0.1) is 12.8 Å². The van der Waals surface area contributed by atoms with E-state index in [-0.39, 0.29) is 17.9 Å². The molecule has 9 heteroatoms. The van der Waals surface area contributed by atoms with Gasteiger partial charge < -0.3 is 29.2 Å². The summed E-state index contributed by atoms with van der Waals surface area (Å²) in [6.45, 7) is 15.7. The predicted molar refractivity (Wildman–Crippen MR) is 184 cm³/mol. The molecule has 1 aromatic heterocycles. The Morgan fingerprint density at radius 1 is 0.957 bits per heavy atom. The summed E-state index contributed by atoms with van der Waals surface area (Å²) in [6.07, 6.45) is 4.74. The van der Waals surface area contributed by atoms with Crippen LogP contribution in [0.25, 0.3) is 11.1 Å². The number of morpholine rings is 1. The van der Waals surface area contributed by atoms with E-state index in [1.54, 1.807) is 7.11 Å². The SMILES string of the molecule is CC.COc1cc(-c2cc(C(=O)N3CCOCC3)n(C)c2)cc(C(C)NC(=O)c2cc(N3CCN(CC4CC4)CC3)ccc2C)c1. The zero-order chi connectivity index (χ0) is 32.8. The van der Waals surface area contributed by atoms with E-state index in [2.05, 4.69) is 33.3 Å². The van der Waals surface area contributed by atoms with Gasteiger partial charge in [-0.2, -0.15) is 0 Å². The number of aryl methyl sites for hydroxylation is 2. The Kier molecular flexibility index (Phi) is 11.1. The van der Waals surface area contributed by atoms with Gasteiger partial charge in [0.1, 0.15) is 11.4 Å². The number of rotatable bonds is 9. The summed E-state index contributed by atoms with van der Waals surface area (Å²) in [5, 5.41) is 3.23. The van der Waals surface area contributed by atoms with E-state index < -0.39 is 0 Å². The van der Waals surface area contributed by atoms with Gasteiger partial charge in [0, 0.05) is 75.9 Å². The number of nitrogens with one attached hydrogen (secondary N) is 1. The van der Waals surface area contributed by atoms with Gasteiger partial charge >= 0.3 is 0 Å². The third-order valence-corrected chi connectivity index (χ3v) is 9.28. The fraction of sp³-hybridized carbons (Fsp3) is 0.514. The molecule has 1 unspecified atom stereocenters. The molecule has 3 aromatic rings. The van der Waals surface area contributed by atoms with Crippen molar-refractivity contribution in [2.24, 2.45) is 13.0 Å². The second-order valence-electron chi connectivity index (χ2n) is 12.5. The lowest BCUT2D eigenvalue weighted by atomic mass is 10.00. The van der Waals surface area contributed by atoms with E-state index in [1.807, 2.05) is 74.7 Å². The van der Waals surface area contributed by atoms with Crippen molar-refractivity contribution >= 4 is 17.5 Å². The summed E-state index contributed by atoms with van der Waals surface area (Å²) in [6, 6.07) is 13.9. The van der Waals surface area contributed by atoms with Crippen LogP contribution in [-0.4, -0.2) is 92.3 Å². The summed E-state index contributed by atoms with van der Waals surface area (Å²) < 4.78 is 12.9. The maximum absolute atomic E-state index is 13.6. The van der Waals surface area contributed by atoms with Crippen molar-refractivity contribution in [1.29, 1.82) is 0 Å². The van der Waals surface area contributed by atoms with E-state index in [4.69, 9.17) is 9.47 Å². The number of anilines is 1. The molecule has 2 aliphatic heterocycles. The average Bonchev–Trinajstić information content (AvgIpc) is 3.83. The fourth-order valence-corrected chi connectivity index (χ4v) is 6.28. The van der Waals surface area contributed by atoms with E-state index in [0.29, 0.717) is 43.3 Å². The Hall–Kier alpha value is -3.82. The van der Waals surface area contributed by atoms with Crippen LogP contribution >= 0.6 is 0 Å². The molecule has 6 rings (SSSR count). The molecule has 1 atom stereocenters. The Bertz CT molecular complexity index is 1500. The first kappa shape index (κ1) is 33.5. The van der Waals surface area contributed by atoms with Gasteiger partial charge in [0.2, 0.25) is 0 Å². The maximum atomic E-state index is 13.6. The van der Waals surface area contributed by atoms with Crippen LogP contribution in [0.15, 0.2) is 48.7 Å². The summed E-state index contributed by atoms with van der Waals surface area (Å²) >= 11 is 0. The fourth-order valence-electron chi connectivity index (χ4n) is 6.28. The highest BCUT2D eigenvalue weighted by Crippen LogP contribution is 2.32. The van der Waals surface area contributed by atoms with Crippen LogP contribution < -0.4 is 15.0 Å². The summed E-state index contributed by atoms with van der Waals surface area (Å²) in [5.74, 6) is 1.52. The topological polar surface area (TPSA) is 79.3 Å². The Balaban J connectivity index is 0.00000204. The Morgan fingerprint density at radius 2 is 1.67 bits per heavy atom. The van der Waals surface area contributed by atoms with Crippen LogP contribution in [0.2, 0.25) is 0 Å². The first-order valence-corrected chi connectivity index (χ1v) is 16.9. The largest absolute Gasteiger partial charge is 0.497 e. The van der Waals surface area contributed by atoms with Crippen molar-refractivity contribution < 1.29 is 19.1 Å². The number of hydrogen-bond donors (Lipinski definition) is 1. The van der Waals surface area contributed by atoms with Gasteiger partial charge in [0.05, 0.1) is 26.4 Å². The molecule has 46 heavy (non-hydrogen) atoms. The molecule has 0 radical (unpaired) electrons. The molecule has 2 saturated heterocycles. The standard InChI is InChI=1S/C35H45N5O4.C2H6/c1-24-5-8-30(39-11-9-38(10-12-39)22-26-6-7-26)21-32(24)34(41)36-25(2)27-17-28(19-31(18-27)43-4)29-20-33(37(3)23-29)35(42)40-13-15-44-16-14-40;1-2/h5,8,17-21,23,25-26H,6-7,9-16,22H2,1-4H3,(H,36,41);1-2H3. The molecule has 0 bridgehead atoms. The summed E-state index contributed by atoms with van der Waals surface area (Å²) in [7, 11) is 3.54. The summed E-state index contributed by atoms with van der Waals surface area (Å²) in [4.78, 5) is 33.6. The second kappa shape index (κ2) is 15.2. The number of piperazine rings is 1. The number of hydrogen-bond acceptors (Lipinski definition) is 6. The molecule has 248 valence electrons. The van der Waals surface area contributed by atoms with Crippen molar-refractivity contribution in [2.45, 2.75) is 46.6 Å². The highest BCUT2D eigenvalue weighted by molar-refractivity contribution is 5.97. The summed E-state index contributed by atoms with van der Waals surface area (Å²) in [5.41, 5.74) is 6.17. The van der Waals surface area contributed by atoms with E-state index >= 15 is 0 Å². The molecule has 1 aliphatic carbocycles. The van der Waals surface area contributed by atoms with Crippen molar-refractivity contribution in [1.82, 2.24) is 19.7 Å². The third kappa shape index (κ3) is 7.93. The minimum absolute atomic E-state index is 0.00328. The van der Waals surface area contributed by atoms with Crippen molar-refractivity contribution in [2.75, 3.05) is 71.0 Å². The number of aromatic nitrogens is 1. The molecule has 9 nitrogen and oxygen atoms in total. The number of nitrogens with zero attached hydrogens (tertiary/aromatic N) is 4. The van der Waals surface area contributed by atoms with Gasteiger partial charge in [-0.25, -0.2) is 0 Å². The smallest absolute Gasteiger partial charge is 0.270 e. The zero-order valence-electron chi connectivity index (χ0n) is 28.5. The predicted octanol–water partition coefficient (Wildman–Crippen LogP) is 5.53. The Morgan fingerprint density at radius 3 is 2.35 bits per heavy atom. The van der Waals surface area contributed by atoms with Crippen molar-refractivity contribution in [3.8, 4) is 16.9 Å². The van der Waals surface area contributed by atoms with Crippen LogP contribution in [0.1, 0.15) is 71.6 Å². The number of methoxy groups -OCH3 is 1. The lowest BCUT2D eigenvalue weighted by molar-refractivity contribution is 0.0296. The molecule has 2 aromatic carbocycles. The van der Waals surface area contributed by atoms with Crippen LogP contribution in [-0.2, 0) is 11.8 Å². The number of benzene rings is 2. The van der Waals surface area contributed by atoms with Crippen LogP contribution in [0.4, 0.5) is 5.69 Å². The monoisotopic (exact) mass is 629 g/mol.